The first-order valence-corrected chi connectivity index (χ1v) is 8.82. The monoisotopic (exact) mass is 338 g/mol. The molecule has 1 aromatic heterocycles. The third-order valence-corrected chi connectivity index (χ3v) is 5.44. The Balaban J connectivity index is 1.47. The van der Waals surface area contributed by atoms with Gasteiger partial charge >= 0.3 is 5.97 Å². The van der Waals surface area contributed by atoms with Crippen LogP contribution in [-0.2, 0) is 4.79 Å². The van der Waals surface area contributed by atoms with Crippen LogP contribution in [0.1, 0.15) is 35.4 Å². The molecular formula is C16H22N2O4S. The van der Waals surface area contributed by atoms with E-state index in [-0.39, 0.29) is 24.5 Å². The Morgan fingerprint density at radius 1 is 1.43 bits per heavy atom. The molecule has 2 N–H and O–H groups in total. The number of aliphatic carboxylic acids is 1. The fourth-order valence-corrected chi connectivity index (χ4v) is 3.71. The van der Waals surface area contributed by atoms with Gasteiger partial charge in [0.05, 0.1) is 18.5 Å². The summed E-state index contributed by atoms with van der Waals surface area (Å²) in [6.45, 7) is 0.976. The smallest absolute Gasteiger partial charge is 0.317 e. The highest BCUT2D eigenvalue weighted by atomic mass is 32.1. The minimum absolute atomic E-state index is 0.0753. The third-order valence-electron chi connectivity index (χ3n) is 4.53. The fraction of sp³-hybridized carbons (Fsp3) is 0.625. The van der Waals surface area contributed by atoms with Gasteiger partial charge in [-0.1, -0.05) is 0 Å². The molecule has 1 amide bonds. The lowest BCUT2D eigenvalue weighted by Crippen LogP contribution is -2.55. The van der Waals surface area contributed by atoms with E-state index in [1.807, 2.05) is 5.38 Å². The number of carbonyl (C=O) groups is 2. The minimum atomic E-state index is -0.774. The summed E-state index contributed by atoms with van der Waals surface area (Å²) in [5.41, 5.74) is 0. The molecule has 0 saturated heterocycles. The summed E-state index contributed by atoms with van der Waals surface area (Å²) in [5, 5.41) is 13.9. The van der Waals surface area contributed by atoms with E-state index in [1.54, 1.807) is 13.2 Å². The van der Waals surface area contributed by atoms with Crippen molar-refractivity contribution in [2.75, 3.05) is 20.2 Å². The van der Waals surface area contributed by atoms with Gasteiger partial charge in [0.2, 0.25) is 0 Å². The summed E-state index contributed by atoms with van der Waals surface area (Å²) < 4.78 is 5.09. The van der Waals surface area contributed by atoms with Crippen molar-refractivity contribution in [3.05, 3.63) is 16.3 Å². The van der Waals surface area contributed by atoms with Crippen molar-refractivity contribution in [3.8, 4) is 5.75 Å². The average Bonchev–Trinajstić information content (AvgIpc) is 3.14. The van der Waals surface area contributed by atoms with Gasteiger partial charge in [0, 0.05) is 30.1 Å². The number of amides is 1. The highest BCUT2D eigenvalue weighted by Crippen LogP contribution is 2.34. The maximum absolute atomic E-state index is 12.2. The van der Waals surface area contributed by atoms with Crippen LogP contribution in [0.3, 0.4) is 0 Å². The van der Waals surface area contributed by atoms with E-state index in [2.05, 4.69) is 10.2 Å². The Kier molecular flexibility index (Phi) is 4.87. The number of carboxylic acid groups (broad SMARTS) is 1. The molecule has 0 atom stereocenters. The molecule has 1 aromatic rings. The molecule has 2 fully saturated rings. The van der Waals surface area contributed by atoms with Crippen LogP contribution in [0.2, 0.25) is 0 Å². The first-order chi connectivity index (χ1) is 11.0. The van der Waals surface area contributed by atoms with Gasteiger partial charge in [0.15, 0.2) is 0 Å². The van der Waals surface area contributed by atoms with Crippen LogP contribution in [0.4, 0.5) is 0 Å². The maximum Gasteiger partial charge on any atom is 0.317 e. The predicted molar refractivity (Wildman–Crippen MR) is 87.1 cm³/mol. The first kappa shape index (κ1) is 16.3. The topological polar surface area (TPSA) is 78.9 Å². The molecule has 1 heterocycles. The van der Waals surface area contributed by atoms with Crippen LogP contribution in [0, 0.1) is 5.92 Å². The molecule has 3 rings (SSSR count). The van der Waals surface area contributed by atoms with Crippen molar-refractivity contribution in [1.29, 1.82) is 0 Å². The second-order valence-electron chi connectivity index (χ2n) is 6.41. The second kappa shape index (κ2) is 6.88. The molecule has 23 heavy (non-hydrogen) atoms. The summed E-state index contributed by atoms with van der Waals surface area (Å²) in [6.07, 6.45) is 4.08. The minimum Gasteiger partial charge on any atom is -0.496 e. The van der Waals surface area contributed by atoms with Crippen LogP contribution in [0.25, 0.3) is 0 Å². The van der Waals surface area contributed by atoms with Crippen molar-refractivity contribution in [2.24, 2.45) is 5.92 Å². The fourth-order valence-electron chi connectivity index (χ4n) is 2.95. The largest absolute Gasteiger partial charge is 0.496 e. The normalized spacial score (nSPS) is 23.4. The highest BCUT2D eigenvalue weighted by Gasteiger charge is 2.37. The zero-order valence-electron chi connectivity index (χ0n) is 13.2. The Hall–Kier alpha value is -1.60. The quantitative estimate of drug-likeness (QED) is 0.756. The molecule has 0 aromatic carbocycles. The Labute approximate surface area is 139 Å². The van der Waals surface area contributed by atoms with E-state index in [1.165, 1.54) is 24.2 Å². The van der Waals surface area contributed by atoms with Crippen molar-refractivity contribution in [1.82, 2.24) is 10.2 Å². The van der Waals surface area contributed by atoms with E-state index >= 15 is 0 Å². The molecule has 2 saturated carbocycles. The van der Waals surface area contributed by atoms with E-state index in [4.69, 9.17) is 9.84 Å². The highest BCUT2D eigenvalue weighted by molar-refractivity contribution is 7.12. The van der Waals surface area contributed by atoms with E-state index in [9.17, 15) is 9.59 Å². The van der Waals surface area contributed by atoms with Crippen molar-refractivity contribution in [2.45, 2.75) is 37.8 Å². The number of carbonyl (C=O) groups excluding carboxylic acids is 1. The molecule has 126 valence electrons. The number of methoxy groups -OCH3 is 1. The molecule has 0 spiro atoms. The summed E-state index contributed by atoms with van der Waals surface area (Å²) in [7, 11) is 1.58. The predicted octanol–water partition coefficient (Wildman–Crippen LogP) is 1.81. The second-order valence-corrected chi connectivity index (χ2v) is 7.32. The van der Waals surface area contributed by atoms with Gasteiger partial charge in [-0.3, -0.25) is 14.5 Å². The van der Waals surface area contributed by atoms with Crippen LogP contribution in [-0.4, -0.2) is 54.2 Å². The molecule has 7 heteroatoms. The average molecular weight is 338 g/mol. The molecule has 0 aliphatic heterocycles. The molecule has 0 radical (unpaired) electrons. The Morgan fingerprint density at radius 2 is 2.17 bits per heavy atom. The van der Waals surface area contributed by atoms with Crippen molar-refractivity contribution >= 4 is 23.2 Å². The summed E-state index contributed by atoms with van der Waals surface area (Å²) in [5.74, 6) is 0.517. The molecule has 2 aliphatic carbocycles. The lowest BCUT2D eigenvalue weighted by molar-refractivity contribution is -0.139. The van der Waals surface area contributed by atoms with E-state index < -0.39 is 5.97 Å². The molecule has 0 bridgehead atoms. The first-order valence-electron chi connectivity index (χ1n) is 7.94. The number of rotatable bonds is 8. The standard InChI is InChI=1S/C16H22N2O4S/c1-22-13-6-14(23-9-13)16(21)17-11-4-12(5-11)18(8-15(19)20)7-10-2-3-10/h6,9-12H,2-5,7-8H2,1H3,(H,17,21)(H,19,20). The maximum atomic E-state index is 12.2. The van der Waals surface area contributed by atoms with Crippen LogP contribution in [0.5, 0.6) is 5.75 Å². The van der Waals surface area contributed by atoms with Gasteiger partial charge in [-0.15, -0.1) is 11.3 Å². The number of thiophene rings is 1. The summed E-state index contributed by atoms with van der Waals surface area (Å²) >= 11 is 1.37. The zero-order valence-corrected chi connectivity index (χ0v) is 14.0. The van der Waals surface area contributed by atoms with E-state index in [0.717, 1.165) is 19.4 Å². The van der Waals surface area contributed by atoms with Gasteiger partial charge in [0.25, 0.3) is 5.91 Å². The number of ether oxygens (including phenoxy) is 1. The number of hydrogen-bond acceptors (Lipinski definition) is 5. The third kappa shape index (κ3) is 4.23. The molecule has 0 unspecified atom stereocenters. The Morgan fingerprint density at radius 3 is 2.74 bits per heavy atom. The van der Waals surface area contributed by atoms with Crippen molar-refractivity contribution in [3.63, 3.8) is 0 Å². The van der Waals surface area contributed by atoms with Crippen LogP contribution in [0.15, 0.2) is 11.4 Å². The van der Waals surface area contributed by atoms with Gasteiger partial charge in [-0.05, 0) is 31.6 Å². The SMILES string of the molecule is COc1csc(C(=O)NC2CC(N(CC(=O)O)CC3CC3)C2)c1. The van der Waals surface area contributed by atoms with Gasteiger partial charge in [0.1, 0.15) is 5.75 Å². The molecule has 6 nitrogen and oxygen atoms in total. The lowest BCUT2D eigenvalue weighted by atomic mass is 9.85. The molecular weight excluding hydrogens is 316 g/mol. The van der Waals surface area contributed by atoms with Gasteiger partial charge in [-0.25, -0.2) is 0 Å². The number of carboxylic acids is 1. The van der Waals surface area contributed by atoms with Gasteiger partial charge < -0.3 is 15.2 Å². The number of nitrogens with one attached hydrogen (secondary N) is 1. The van der Waals surface area contributed by atoms with E-state index in [0.29, 0.717) is 16.5 Å². The van der Waals surface area contributed by atoms with Crippen molar-refractivity contribution < 1.29 is 19.4 Å². The lowest BCUT2D eigenvalue weighted by Gasteiger charge is -2.42. The number of nitrogens with zero attached hydrogens (tertiary/aromatic N) is 1. The zero-order chi connectivity index (χ0) is 16.4. The van der Waals surface area contributed by atoms with Gasteiger partial charge in [-0.2, -0.15) is 0 Å². The summed E-state index contributed by atoms with van der Waals surface area (Å²) in [4.78, 5) is 25.9. The van der Waals surface area contributed by atoms with Crippen LogP contribution < -0.4 is 10.1 Å². The Bertz CT molecular complexity index is 578. The number of hydrogen-bond donors (Lipinski definition) is 2. The summed E-state index contributed by atoms with van der Waals surface area (Å²) in [6, 6.07) is 2.14. The van der Waals surface area contributed by atoms with Crippen LogP contribution >= 0.6 is 11.3 Å². The molecule has 2 aliphatic rings.